The Balaban J connectivity index is 1.40. The van der Waals surface area contributed by atoms with Crippen LogP contribution >= 0.6 is 0 Å². The van der Waals surface area contributed by atoms with Crippen molar-refractivity contribution in [3.63, 3.8) is 0 Å². The average Bonchev–Trinajstić information content (AvgIpc) is 3.62. The summed E-state index contributed by atoms with van der Waals surface area (Å²) in [5, 5.41) is 6.72. The maximum atomic E-state index is 13.5. The van der Waals surface area contributed by atoms with E-state index in [4.69, 9.17) is 9.47 Å². The van der Waals surface area contributed by atoms with E-state index in [0.717, 1.165) is 16.3 Å². The van der Waals surface area contributed by atoms with Gasteiger partial charge in [-0.3, -0.25) is 24.0 Å². The molecule has 14 heteroatoms. The van der Waals surface area contributed by atoms with Crippen LogP contribution in [0.3, 0.4) is 0 Å². The van der Waals surface area contributed by atoms with Gasteiger partial charge in [-0.2, -0.15) is 5.10 Å². The molecule has 0 aliphatic carbocycles. The molecule has 43 heavy (non-hydrogen) atoms. The van der Waals surface area contributed by atoms with Gasteiger partial charge < -0.3 is 24.6 Å². The number of ether oxygens (including phenoxy) is 2. The van der Waals surface area contributed by atoms with Gasteiger partial charge in [0.2, 0.25) is 5.91 Å². The van der Waals surface area contributed by atoms with Gasteiger partial charge in [0, 0.05) is 45.3 Å². The first kappa shape index (κ1) is 29.9. The normalized spacial score (nSPS) is 19.3. The van der Waals surface area contributed by atoms with Crippen molar-refractivity contribution >= 4 is 17.7 Å². The van der Waals surface area contributed by atoms with E-state index >= 15 is 0 Å². The lowest BCUT2D eigenvalue weighted by Gasteiger charge is -2.25. The molecule has 4 heterocycles. The SMILES string of the molecule is COc1ccc2cc1OCCN(C(=O)c1cnc(C)cn1)CCCNC(=O)[C@H]1CN(C(=O)c3cc(C(F)F)nn3C)C[C@H]21. The van der Waals surface area contributed by atoms with Crippen LogP contribution in [-0.4, -0.2) is 93.7 Å². The summed E-state index contributed by atoms with van der Waals surface area (Å²) in [5.74, 6) is -1.14. The third kappa shape index (κ3) is 6.42. The predicted octanol–water partition coefficient (Wildman–Crippen LogP) is 2.36. The van der Waals surface area contributed by atoms with Gasteiger partial charge in [0.05, 0.1) is 31.5 Å². The van der Waals surface area contributed by atoms with Crippen molar-refractivity contribution in [2.24, 2.45) is 13.0 Å². The quantitative estimate of drug-likeness (QED) is 0.485. The second-order valence-corrected chi connectivity index (χ2v) is 10.5. The van der Waals surface area contributed by atoms with Crippen LogP contribution in [-0.2, 0) is 11.8 Å². The molecule has 0 saturated carbocycles. The molecule has 1 aromatic carbocycles. The van der Waals surface area contributed by atoms with Gasteiger partial charge in [-0.05, 0) is 37.1 Å². The summed E-state index contributed by atoms with van der Waals surface area (Å²) in [5.41, 5.74) is 1.19. The van der Waals surface area contributed by atoms with Gasteiger partial charge in [0.1, 0.15) is 23.7 Å². The maximum Gasteiger partial charge on any atom is 0.282 e. The highest BCUT2D eigenvalue weighted by Crippen LogP contribution is 2.38. The fraction of sp³-hybridized carbons (Fsp3) is 0.448. The summed E-state index contributed by atoms with van der Waals surface area (Å²) in [6.07, 6.45) is 0.624. The van der Waals surface area contributed by atoms with Crippen LogP contribution in [0.4, 0.5) is 8.78 Å². The van der Waals surface area contributed by atoms with Crippen LogP contribution in [0.1, 0.15) is 56.7 Å². The smallest absolute Gasteiger partial charge is 0.282 e. The molecule has 2 aliphatic heterocycles. The lowest BCUT2D eigenvalue weighted by molar-refractivity contribution is -0.124. The number of rotatable bonds is 4. The minimum Gasteiger partial charge on any atom is -0.493 e. The Morgan fingerprint density at radius 1 is 1.07 bits per heavy atom. The molecule has 12 nitrogen and oxygen atoms in total. The Hall–Kier alpha value is -4.62. The van der Waals surface area contributed by atoms with Gasteiger partial charge >= 0.3 is 0 Å². The molecule has 1 saturated heterocycles. The number of likely N-dealkylation sites (tertiary alicyclic amines) is 1. The average molecular weight is 598 g/mol. The summed E-state index contributed by atoms with van der Waals surface area (Å²) in [6.45, 7) is 3.13. The number of amides is 3. The van der Waals surface area contributed by atoms with E-state index in [9.17, 15) is 23.2 Å². The van der Waals surface area contributed by atoms with Crippen molar-refractivity contribution in [1.82, 2.24) is 34.9 Å². The zero-order valence-electron chi connectivity index (χ0n) is 24.1. The van der Waals surface area contributed by atoms with Gasteiger partial charge in [0.15, 0.2) is 11.5 Å². The Bertz CT molecular complexity index is 1500. The van der Waals surface area contributed by atoms with Crippen LogP contribution in [0.15, 0.2) is 36.7 Å². The van der Waals surface area contributed by atoms with E-state index in [1.807, 2.05) is 6.07 Å². The summed E-state index contributed by atoms with van der Waals surface area (Å²) in [6, 6.07) is 6.41. The minimum absolute atomic E-state index is 0.0165. The molecule has 5 rings (SSSR count). The maximum absolute atomic E-state index is 13.5. The number of benzene rings is 1. The minimum atomic E-state index is -2.81. The molecule has 2 aliphatic rings. The third-order valence-electron chi connectivity index (χ3n) is 7.71. The van der Waals surface area contributed by atoms with Crippen molar-refractivity contribution in [3.05, 3.63) is 65.0 Å². The highest BCUT2D eigenvalue weighted by Gasteiger charge is 2.41. The molecule has 3 amide bonds. The number of aryl methyl sites for hydroxylation is 2. The second kappa shape index (κ2) is 12.7. The van der Waals surface area contributed by atoms with Crippen LogP contribution in [0.25, 0.3) is 0 Å². The van der Waals surface area contributed by atoms with Crippen LogP contribution in [0.2, 0.25) is 0 Å². The van der Waals surface area contributed by atoms with Crippen molar-refractivity contribution in [2.75, 3.05) is 46.4 Å². The monoisotopic (exact) mass is 597 g/mol. The summed E-state index contributed by atoms with van der Waals surface area (Å²) >= 11 is 0. The zero-order chi connectivity index (χ0) is 30.7. The number of halogens is 2. The number of fused-ring (bicyclic) bond motifs is 4. The molecular formula is C29H33F2N7O5. The topological polar surface area (TPSA) is 132 Å². The lowest BCUT2D eigenvalue weighted by atomic mass is 9.88. The number of hydrogen-bond donors (Lipinski definition) is 1. The Morgan fingerprint density at radius 2 is 1.86 bits per heavy atom. The van der Waals surface area contributed by atoms with E-state index < -0.39 is 23.9 Å². The number of aromatic nitrogens is 4. The fourth-order valence-corrected chi connectivity index (χ4v) is 5.43. The van der Waals surface area contributed by atoms with E-state index in [1.165, 1.54) is 31.5 Å². The molecule has 0 spiro atoms. The first-order valence-electron chi connectivity index (χ1n) is 13.9. The summed E-state index contributed by atoms with van der Waals surface area (Å²) in [4.78, 5) is 51.6. The molecule has 0 unspecified atom stereocenters. The van der Waals surface area contributed by atoms with E-state index in [-0.39, 0.29) is 55.4 Å². The Kier molecular flexibility index (Phi) is 8.83. The summed E-state index contributed by atoms with van der Waals surface area (Å²) in [7, 11) is 2.95. The second-order valence-electron chi connectivity index (χ2n) is 10.5. The van der Waals surface area contributed by atoms with Crippen molar-refractivity contribution in [3.8, 4) is 11.5 Å². The molecule has 0 radical (unpaired) electrons. The zero-order valence-corrected chi connectivity index (χ0v) is 24.1. The molecular weight excluding hydrogens is 564 g/mol. The number of alkyl halides is 2. The highest BCUT2D eigenvalue weighted by atomic mass is 19.3. The van der Waals surface area contributed by atoms with Crippen LogP contribution in [0, 0.1) is 12.8 Å². The molecule has 2 atom stereocenters. The molecule has 1 fully saturated rings. The molecule has 2 bridgehead atoms. The van der Waals surface area contributed by atoms with Gasteiger partial charge in [-0.1, -0.05) is 6.07 Å². The molecule has 228 valence electrons. The standard InChI is InChI=1S/C29H33F2N7O5/c1-17-13-34-22(14-33-17)28(40)37-8-4-7-32-27(39)20-16-38(29(41)23-12-21(26(30)31)35-36(23)2)15-19(20)18-5-6-24(42-3)25(11-18)43-10-9-37/h5-6,11-14,19-20,26H,4,7-10,15-16H2,1-3H3,(H,32,39)/t19-,20+/m1/s1. The number of carbonyl (C=O) groups excluding carboxylic acids is 3. The molecule has 2 aromatic heterocycles. The van der Waals surface area contributed by atoms with Gasteiger partial charge in [-0.25, -0.2) is 13.8 Å². The van der Waals surface area contributed by atoms with E-state index in [0.29, 0.717) is 36.7 Å². The number of methoxy groups -OCH3 is 1. The largest absolute Gasteiger partial charge is 0.493 e. The molecule has 1 N–H and O–H groups in total. The van der Waals surface area contributed by atoms with Crippen molar-refractivity contribution in [2.45, 2.75) is 25.7 Å². The third-order valence-corrected chi connectivity index (χ3v) is 7.71. The Labute approximate surface area is 247 Å². The van der Waals surface area contributed by atoms with Crippen molar-refractivity contribution < 1.29 is 32.6 Å². The van der Waals surface area contributed by atoms with E-state index in [2.05, 4.69) is 20.4 Å². The lowest BCUT2D eigenvalue weighted by Crippen LogP contribution is -2.39. The highest BCUT2D eigenvalue weighted by molar-refractivity contribution is 5.94. The first-order chi connectivity index (χ1) is 20.7. The van der Waals surface area contributed by atoms with Gasteiger partial charge in [-0.15, -0.1) is 0 Å². The number of hydrogen-bond acceptors (Lipinski definition) is 8. The fourth-order valence-electron chi connectivity index (χ4n) is 5.43. The number of nitrogens with one attached hydrogen (secondary N) is 1. The predicted molar refractivity (Wildman–Crippen MR) is 149 cm³/mol. The van der Waals surface area contributed by atoms with Crippen LogP contribution < -0.4 is 14.8 Å². The van der Waals surface area contributed by atoms with Crippen molar-refractivity contribution in [1.29, 1.82) is 0 Å². The Morgan fingerprint density at radius 3 is 2.56 bits per heavy atom. The van der Waals surface area contributed by atoms with Gasteiger partial charge in [0.25, 0.3) is 18.2 Å². The molecule has 3 aromatic rings. The first-order valence-corrected chi connectivity index (χ1v) is 13.9. The van der Waals surface area contributed by atoms with Crippen LogP contribution in [0.5, 0.6) is 11.5 Å². The number of nitrogens with zero attached hydrogens (tertiary/aromatic N) is 6. The van der Waals surface area contributed by atoms with E-state index in [1.54, 1.807) is 24.0 Å². The summed E-state index contributed by atoms with van der Waals surface area (Å²) < 4.78 is 39.2. The number of carbonyl (C=O) groups is 3.